The Hall–Kier alpha value is -2.32. The number of hydrogen-bond acceptors (Lipinski definition) is 4. The highest BCUT2D eigenvalue weighted by Crippen LogP contribution is 2.27. The molecule has 0 saturated carbocycles. The number of aryl methyl sites for hydroxylation is 1. The van der Waals surface area contributed by atoms with Crippen LogP contribution in [0, 0.1) is 0 Å². The molecule has 0 aliphatic carbocycles. The molecular weight excluding hydrogens is 384 g/mol. The molecule has 0 bridgehead atoms. The van der Waals surface area contributed by atoms with Crippen molar-refractivity contribution in [3.63, 3.8) is 0 Å². The van der Waals surface area contributed by atoms with Crippen molar-refractivity contribution in [2.75, 3.05) is 11.1 Å². The number of nitrogens with zero attached hydrogens (tertiary/aromatic N) is 2. The van der Waals surface area contributed by atoms with Crippen LogP contribution in [0.3, 0.4) is 0 Å². The van der Waals surface area contributed by atoms with Gasteiger partial charge in [-0.05, 0) is 30.3 Å². The number of nitrogens with one attached hydrogen (secondary N) is 1. The van der Waals surface area contributed by atoms with Crippen LogP contribution in [-0.2, 0) is 11.8 Å². The summed E-state index contributed by atoms with van der Waals surface area (Å²) in [6.07, 6.45) is 0. The molecule has 136 valence electrons. The molecule has 0 unspecified atom stereocenters. The first-order valence-electron chi connectivity index (χ1n) is 7.52. The number of hydrogen-bond donors (Lipinski definition) is 1. The number of halogens is 3. The van der Waals surface area contributed by atoms with Gasteiger partial charge in [0.1, 0.15) is 5.75 Å². The van der Waals surface area contributed by atoms with E-state index < -0.39 is 6.61 Å². The Morgan fingerprint density at radius 2 is 2.12 bits per heavy atom. The van der Waals surface area contributed by atoms with Crippen molar-refractivity contribution >= 4 is 46.0 Å². The maximum Gasteiger partial charge on any atom is 0.387 e. The van der Waals surface area contributed by atoms with Gasteiger partial charge in [-0.2, -0.15) is 8.78 Å². The summed E-state index contributed by atoms with van der Waals surface area (Å²) < 4.78 is 31.1. The first-order valence-corrected chi connectivity index (χ1v) is 8.89. The van der Waals surface area contributed by atoms with Crippen LogP contribution >= 0.6 is 23.4 Å². The monoisotopic (exact) mass is 397 g/mol. The third-order valence-corrected chi connectivity index (χ3v) is 4.78. The van der Waals surface area contributed by atoms with Gasteiger partial charge in [0, 0.05) is 12.1 Å². The molecule has 3 aromatic rings. The van der Waals surface area contributed by atoms with Crippen LogP contribution in [0.5, 0.6) is 5.75 Å². The quantitative estimate of drug-likeness (QED) is 0.619. The summed E-state index contributed by atoms with van der Waals surface area (Å²) in [4.78, 5) is 16.6. The maximum atomic E-state index is 12.4. The Kier molecular flexibility index (Phi) is 5.63. The molecule has 1 aromatic heterocycles. The second-order valence-electron chi connectivity index (χ2n) is 5.30. The van der Waals surface area contributed by atoms with E-state index in [0.29, 0.717) is 10.2 Å². The highest BCUT2D eigenvalue weighted by Gasteiger charge is 2.14. The van der Waals surface area contributed by atoms with Gasteiger partial charge in [-0.25, -0.2) is 4.98 Å². The minimum Gasteiger partial charge on any atom is -0.433 e. The first-order chi connectivity index (χ1) is 12.4. The molecule has 0 aliphatic heterocycles. The first kappa shape index (κ1) is 18.5. The zero-order valence-corrected chi connectivity index (χ0v) is 15.2. The number of carbonyl (C=O) groups is 1. The van der Waals surface area contributed by atoms with Crippen LogP contribution in [-0.4, -0.2) is 27.8 Å². The van der Waals surface area contributed by atoms with Crippen molar-refractivity contribution in [1.82, 2.24) is 9.55 Å². The number of aromatic nitrogens is 2. The maximum absolute atomic E-state index is 12.4. The van der Waals surface area contributed by atoms with Gasteiger partial charge in [-0.15, -0.1) is 0 Å². The number of thioether (sulfide) groups is 1. The molecule has 0 aliphatic rings. The van der Waals surface area contributed by atoms with Gasteiger partial charge in [-0.1, -0.05) is 35.5 Å². The number of alkyl halides is 2. The van der Waals surface area contributed by atoms with E-state index in [1.54, 1.807) is 24.3 Å². The Balaban J connectivity index is 1.67. The third kappa shape index (κ3) is 4.25. The number of carbonyl (C=O) groups excluding carboxylic acids is 1. The van der Waals surface area contributed by atoms with Gasteiger partial charge in [0.25, 0.3) is 0 Å². The average molecular weight is 398 g/mol. The molecule has 2 aromatic carbocycles. The van der Waals surface area contributed by atoms with Crippen LogP contribution < -0.4 is 10.1 Å². The van der Waals surface area contributed by atoms with E-state index in [-0.39, 0.29) is 23.1 Å². The lowest BCUT2D eigenvalue weighted by Gasteiger charge is -2.11. The number of amides is 1. The predicted molar refractivity (Wildman–Crippen MR) is 98.2 cm³/mol. The molecule has 0 radical (unpaired) electrons. The molecule has 3 rings (SSSR count). The molecule has 0 fully saturated rings. The molecule has 26 heavy (non-hydrogen) atoms. The van der Waals surface area contributed by atoms with Crippen LogP contribution in [0.4, 0.5) is 14.5 Å². The molecule has 0 spiro atoms. The zero-order chi connectivity index (χ0) is 18.7. The molecule has 1 heterocycles. The van der Waals surface area contributed by atoms with Gasteiger partial charge in [0.15, 0.2) is 5.16 Å². The second kappa shape index (κ2) is 7.92. The minimum atomic E-state index is -2.96. The van der Waals surface area contributed by atoms with Gasteiger partial charge in [-0.3, -0.25) is 4.79 Å². The molecule has 5 nitrogen and oxygen atoms in total. The van der Waals surface area contributed by atoms with Gasteiger partial charge in [0.2, 0.25) is 5.91 Å². The summed E-state index contributed by atoms with van der Waals surface area (Å²) in [5.41, 5.74) is 1.82. The average Bonchev–Trinajstić information content (AvgIpc) is 2.89. The number of benzene rings is 2. The molecular formula is C17H14ClF2N3O2S. The van der Waals surface area contributed by atoms with Crippen molar-refractivity contribution in [1.29, 1.82) is 0 Å². The molecule has 1 N–H and O–H groups in total. The van der Waals surface area contributed by atoms with E-state index in [4.69, 9.17) is 11.6 Å². The summed E-state index contributed by atoms with van der Waals surface area (Å²) in [5, 5.41) is 3.80. The summed E-state index contributed by atoms with van der Waals surface area (Å²) in [6, 6.07) is 11.4. The number of ether oxygens (including phenoxy) is 1. The van der Waals surface area contributed by atoms with Crippen molar-refractivity contribution in [2.24, 2.45) is 7.05 Å². The van der Waals surface area contributed by atoms with E-state index in [9.17, 15) is 13.6 Å². The van der Waals surface area contributed by atoms with Crippen molar-refractivity contribution in [3.8, 4) is 5.75 Å². The Labute approximate surface area is 157 Å². The van der Waals surface area contributed by atoms with E-state index in [1.807, 2.05) is 17.7 Å². The SMILES string of the molecule is Cn1c(SCC(=O)Nc2ccccc2OC(F)F)nc2cc(Cl)ccc21. The highest BCUT2D eigenvalue weighted by atomic mass is 35.5. The summed E-state index contributed by atoms with van der Waals surface area (Å²) in [7, 11) is 1.84. The van der Waals surface area contributed by atoms with Crippen molar-refractivity contribution < 1.29 is 18.3 Å². The molecule has 0 atom stereocenters. The van der Waals surface area contributed by atoms with E-state index in [1.165, 1.54) is 23.9 Å². The highest BCUT2D eigenvalue weighted by molar-refractivity contribution is 7.99. The fraction of sp³-hybridized carbons (Fsp3) is 0.176. The normalized spacial score (nSPS) is 11.1. The second-order valence-corrected chi connectivity index (χ2v) is 6.68. The Morgan fingerprint density at radius 1 is 1.35 bits per heavy atom. The van der Waals surface area contributed by atoms with Crippen molar-refractivity contribution in [3.05, 3.63) is 47.5 Å². The zero-order valence-electron chi connectivity index (χ0n) is 13.6. The number of fused-ring (bicyclic) bond motifs is 1. The number of rotatable bonds is 6. The van der Waals surface area contributed by atoms with Crippen LogP contribution in [0.2, 0.25) is 5.02 Å². The van der Waals surface area contributed by atoms with Crippen LogP contribution in [0.1, 0.15) is 0 Å². The summed E-state index contributed by atoms with van der Waals surface area (Å²) in [5.74, 6) is -0.378. The Morgan fingerprint density at radius 3 is 2.88 bits per heavy atom. The van der Waals surface area contributed by atoms with E-state index >= 15 is 0 Å². The fourth-order valence-corrected chi connectivity index (χ4v) is 3.32. The van der Waals surface area contributed by atoms with Crippen LogP contribution in [0.15, 0.2) is 47.6 Å². The number of imidazole rings is 1. The van der Waals surface area contributed by atoms with Gasteiger partial charge < -0.3 is 14.6 Å². The fourth-order valence-electron chi connectivity index (χ4n) is 2.36. The Bertz CT molecular complexity index is 949. The molecule has 1 amide bonds. The lowest BCUT2D eigenvalue weighted by Crippen LogP contribution is -2.16. The molecule has 0 saturated heterocycles. The van der Waals surface area contributed by atoms with E-state index in [0.717, 1.165) is 11.0 Å². The lowest BCUT2D eigenvalue weighted by molar-refractivity contribution is -0.113. The smallest absolute Gasteiger partial charge is 0.387 e. The van der Waals surface area contributed by atoms with Crippen LogP contribution in [0.25, 0.3) is 11.0 Å². The topological polar surface area (TPSA) is 56.2 Å². The van der Waals surface area contributed by atoms with Gasteiger partial charge >= 0.3 is 6.61 Å². The number of para-hydroxylation sites is 2. The van der Waals surface area contributed by atoms with Gasteiger partial charge in [0.05, 0.1) is 22.5 Å². The molecule has 9 heteroatoms. The largest absolute Gasteiger partial charge is 0.433 e. The predicted octanol–water partition coefficient (Wildman–Crippen LogP) is 4.56. The lowest BCUT2D eigenvalue weighted by atomic mass is 10.3. The number of anilines is 1. The minimum absolute atomic E-state index is 0.0634. The van der Waals surface area contributed by atoms with E-state index in [2.05, 4.69) is 15.0 Å². The summed E-state index contributed by atoms with van der Waals surface area (Å²) >= 11 is 7.20. The third-order valence-electron chi connectivity index (χ3n) is 3.51. The standard InChI is InChI=1S/C17H14ClF2N3O2S/c1-23-13-7-6-10(18)8-12(13)22-17(23)26-9-15(24)21-11-4-2-3-5-14(11)25-16(19)20/h2-8,16H,9H2,1H3,(H,21,24). The summed E-state index contributed by atoms with van der Waals surface area (Å²) in [6.45, 7) is -2.96. The van der Waals surface area contributed by atoms with Crippen molar-refractivity contribution in [2.45, 2.75) is 11.8 Å².